The maximum absolute atomic E-state index is 14.0. The number of hydrogen-bond acceptors (Lipinski definition) is 5. The third kappa shape index (κ3) is 5.47. The van der Waals surface area contributed by atoms with Gasteiger partial charge in [-0.05, 0) is 61.4 Å². The summed E-state index contributed by atoms with van der Waals surface area (Å²) in [5.74, 6) is 0.244. The average molecular weight is 553 g/mol. The van der Waals surface area contributed by atoms with Crippen LogP contribution in [0.1, 0.15) is 27.0 Å². The van der Waals surface area contributed by atoms with Crippen molar-refractivity contribution in [1.82, 2.24) is 4.90 Å². The molecule has 0 aliphatic carbocycles. The van der Waals surface area contributed by atoms with Gasteiger partial charge in [-0.3, -0.25) is 9.59 Å². The lowest BCUT2D eigenvalue weighted by Gasteiger charge is -2.37. The molecular formula is C29H30ClFN4O2S. The smallest absolute Gasteiger partial charge is 0.254 e. The quantitative estimate of drug-likeness (QED) is 0.409. The maximum Gasteiger partial charge on any atom is 0.254 e. The molecule has 1 fully saturated rings. The number of fused-ring (bicyclic) bond motifs is 1. The van der Waals surface area contributed by atoms with Gasteiger partial charge in [0, 0.05) is 59.5 Å². The lowest BCUT2D eigenvalue weighted by Crippen LogP contribution is -2.49. The maximum atomic E-state index is 14.0. The molecule has 1 atom stereocenters. The molecule has 0 bridgehead atoms. The summed E-state index contributed by atoms with van der Waals surface area (Å²) in [6.45, 7) is 7.08. The number of rotatable bonds is 6. The summed E-state index contributed by atoms with van der Waals surface area (Å²) in [4.78, 5) is 30.2. The van der Waals surface area contributed by atoms with Crippen molar-refractivity contribution in [2.75, 3.05) is 47.5 Å². The number of nitrogens with one attached hydrogen (secondary N) is 2. The number of aryl methyl sites for hydroxylation is 1. The van der Waals surface area contributed by atoms with Crippen molar-refractivity contribution in [2.45, 2.75) is 25.6 Å². The van der Waals surface area contributed by atoms with E-state index in [-0.39, 0.29) is 17.6 Å². The molecule has 38 heavy (non-hydrogen) atoms. The van der Waals surface area contributed by atoms with Gasteiger partial charge in [0.15, 0.2) is 0 Å². The number of halogens is 2. The Hall–Kier alpha value is -3.23. The first-order valence-corrected chi connectivity index (χ1v) is 14.2. The molecule has 0 saturated carbocycles. The van der Waals surface area contributed by atoms with Crippen LogP contribution in [0.25, 0.3) is 0 Å². The van der Waals surface area contributed by atoms with Crippen molar-refractivity contribution in [3.8, 4) is 0 Å². The number of hydrogen-bond donors (Lipinski definition) is 2. The summed E-state index contributed by atoms with van der Waals surface area (Å²) in [7, 11) is 0. The Labute approximate surface area is 231 Å². The zero-order valence-electron chi connectivity index (χ0n) is 21.4. The standard InChI is InChI=1S/C29H30ClFN4O2S/c1-18-5-3-8-27(19(18)2)34-11-13-35(14-12-34)29(37)20-9-10-24-25(15-20)33-28(36)26(32-24)17-38-16-21-22(30)6-4-7-23(21)31/h3-10,15,26,32H,11-14,16-17H2,1-2H3,(H,33,36)/t26-/m0/s1. The van der Waals surface area contributed by atoms with Crippen molar-refractivity contribution in [2.24, 2.45) is 0 Å². The van der Waals surface area contributed by atoms with Gasteiger partial charge in [-0.1, -0.05) is 29.8 Å². The van der Waals surface area contributed by atoms with Gasteiger partial charge in [-0.15, -0.1) is 0 Å². The molecule has 0 unspecified atom stereocenters. The molecule has 1 saturated heterocycles. The highest BCUT2D eigenvalue weighted by molar-refractivity contribution is 7.98. The van der Waals surface area contributed by atoms with Crippen LogP contribution in [0.2, 0.25) is 5.02 Å². The molecule has 2 aliphatic heterocycles. The molecule has 0 aromatic heterocycles. The fourth-order valence-corrected chi connectivity index (χ4v) is 6.25. The second-order valence-corrected chi connectivity index (χ2v) is 11.1. The van der Waals surface area contributed by atoms with Crippen molar-refractivity contribution < 1.29 is 14.0 Å². The van der Waals surface area contributed by atoms with Crippen LogP contribution in [-0.4, -0.2) is 54.7 Å². The number of nitrogens with zero attached hydrogens (tertiary/aromatic N) is 2. The Bertz CT molecular complexity index is 1360. The second kappa shape index (κ2) is 11.3. The molecule has 198 valence electrons. The lowest BCUT2D eigenvalue weighted by molar-refractivity contribution is -0.116. The molecule has 2 aliphatic rings. The monoisotopic (exact) mass is 552 g/mol. The first-order valence-electron chi connectivity index (χ1n) is 12.6. The zero-order chi connectivity index (χ0) is 26.8. The molecule has 2 N–H and O–H groups in total. The molecule has 3 aromatic rings. The van der Waals surface area contributed by atoms with Crippen molar-refractivity contribution >= 4 is 52.2 Å². The van der Waals surface area contributed by atoms with E-state index in [1.54, 1.807) is 24.3 Å². The Morgan fingerprint density at radius 3 is 2.58 bits per heavy atom. The number of thioether (sulfide) groups is 1. The van der Waals surface area contributed by atoms with Crippen LogP contribution >= 0.6 is 23.4 Å². The first-order chi connectivity index (χ1) is 18.3. The fourth-order valence-electron chi connectivity index (χ4n) is 4.86. The zero-order valence-corrected chi connectivity index (χ0v) is 23.0. The molecule has 6 nitrogen and oxygen atoms in total. The van der Waals surface area contributed by atoms with Gasteiger partial charge in [-0.2, -0.15) is 11.8 Å². The molecule has 3 aromatic carbocycles. The van der Waals surface area contributed by atoms with Crippen LogP contribution in [-0.2, 0) is 10.5 Å². The Morgan fingerprint density at radius 1 is 1.05 bits per heavy atom. The topological polar surface area (TPSA) is 64.7 Å². The highest BCUT2D eigenvalue weighted by Crippen LogP contribution is 2.31. The Kier molecular flexibility index (Phi) is 7.81. The van der Waals surface area contributed by atoms with E-state index in [1.165, 1.54) is 34.6 Å². The van der Waals surface area contributed by atoms with E-state index in [9.17, 15) is 14.0 Å². The minimum Gasteiger partial charge on any atom is -0.371 e. The summed E-state index contributed by atoms with van der Waals surface area (Å²) in [5.41, 5.74) is 6.11. The van der Waals surface area contributed by atoms with Crippen LogP contribution in [0.5, 0.6) is 0 Å². The number of piperazine rings is 1. The molecule has 5 rings (SSSR count). The van der Waals surface area contributed by atoms with E-state index >= 15 is 0 Å². The predicted octanol–water partition coefficient (Wildman–Crippen LogP) is 5.72. The van der Waals surface area contributed by atoms with Crippen LogP contribution < -0.4 is 15.5 Å². The van der Waals surface area contributed by atoms with Crippen molar-refractivity contribution in [3.05, 3.63) is 87.7 Å². The largest absolute Gasteiger partial charge is 0.371 e. The number of amides is 2. The average Bonchev–Trinajstić information content (AvgIpc) is 2.91. The normalized spacial score (nSPS) is 17.1. The summed E-state index contributed by atoms with van der Waals surface area (Å²) >= 11 is 7.54. The van der Waals surface area contributed by atoms with E-state index in [0.29, 0.717) is 46.4 Å². The molecular weight excluding hydrogens is 523 g/mol. The van der Waals surface area contributed by atoms with Gasteiger partial charge in [0.2, 0.25) is 5.91 Å². The summed E-state index contributed by atoms with van der Waals surface area (Å²) in [6.07, 6.45) is 0. The minimum absolute atomic E-state index is 0.0397. The van der Waals surface area contributed by atoms with Gasteiger partial charge in [-0.25, -0.2) is 4.39 Å². The molecule has 0 radical (unpaired) electrons. The Morgan fingerprint density at radius 2 is 1.82 bits per heavy atom. The van der Waals surface area contributed by atoms with Gasteiger partial charge >= 0.3 is 0 Å². The number of carbonyl (C=O) groups is 2. The molecule has 2 heterocycles. The van der Waals surface area contributed by atoms with E-state index in [4.69, 9.17) is 11.6 Å². The number of benzene rings is 3. The highest BCUT2D eigenvalue weighted by Gasteiger charge is 2.28. The number of carbonyl (C=O) groups excluding carboxylic acids is 2. The molecule has 0 spiro atoms. The first kappa shape index (κ1) is 26.4. The predicted molar refractivity (Wildman–Crippen MR) is 154 cm³/mol. The molecule has 9 heteroatoms. The van der Waals surface area contributed by atoms with E-state index in [1.807, 2.05) is 11.0 Å². The van der Waals surface area contributed by atoms with E-state index in [2.05, 4.69) is 47.6 Å². The van der Waals surface area contributed by atoms with Crippen LogP contribution in [0.15, 0.2) is 54.6 Å². The third-order valence-corrected chi connectivity index (χ3v) is 8.66. The summed E-state index contributed by atoms with van der Waals surface area (Å²) in [6, 6.07) is 15.8. The minimum atomic E-state index is -0.474. The Balaban J connectivity index is 1.18. The van der Waals surface area contributed by atoms with Crippen LogP contribution in [0, 0.1) is 19.7 Å². The van der Waals surface area contributed by atoms with E-state index < -0.39 is 6.04 Å². The molecule has 2 amide bonds. The van der Waals surface area contributed by atoms with Gasteiger partial charge in [0.05, 0.1) is 11.4 Å². The van der Waals surface area contributed by atoms with Crippen molar-refractivity contribution in [1.29, 1.82) is 0 Å². The third-order valence-electron chi connectivity index (χ3n) is 7.25. The lowest BCUT2D eigenvalue weighted by atomic mass is 10.1. The number of anilines is 3. The van der Waals surface area contributed by atoms with Crippen molar-refractivity contribution in [3.63, 3.8) is 0 Å². The fraction of sp³-hybridized carbons (Fsp3) is 0.310. The van der Waals surface area contributed by atoms with Gasteiger partial charge in [0.1, 0.15) is 11.9 Å². The van der Waals surface area contributed by atoms with Gasteiger partial charge < -0.3 is 20.4 Å². The van der Waals surface area contributed by atoms with Crippen LogP contribution in [0.4, 0.5) is 21.5 Å². The SMILES string of the molecule is Cc1cccc(N2CCN(C(=O)c3ccc4c(c3)NC(=O)[C@H](CSCc3c(F)cccc3Cl)N4)CC2)c1C. The van der Waals surface area contributed by atoms with E-state index in [0.717, 1.165) is 18.8 Å². The highest BCUT2D eigenvalue weighted by atomic mass is 35.5. The van der Waals surface area contributed by atoms with Crippen LogP contribution in [0.3, 0.4) is 0 Å². The summed E-state index contributed by atoms with van der Waals surface area (Å²) in [5, 5.41) is 6.56. The second-order valence-electron chi connectivity index (χ2n) is 9.66. The summed E-state index contributed by atoms with van der Waals surface area (Å²) < 4.78 is 14.0. The van der Waals surface area contributed by atoms with Gasteiger partial charge in [0.25, 0.3) is 5.91 Å².